The molecule has 1 heterocycles. The summed E-state index contributed by atoms with van der Waals surface area (Å²) in [6.07, 6.45) is 1.62. The lowest BCUT2D eigenvalue weighted by Gasteiger charge is -2.13. The maximum absolute atomic E-state index is 13.9. The van der Waals surface area contributed by atoms with Gasteiger partial charge >= 0.3 is 0 Å². The zero-order valence-electron chi connectivity index (χ0n) is 15.0. The van der Waals surface area contributed by atoms with E-state index in [0.29, 0.717) is 39.6 Å². The molecule has 0 radical (unpaired) electrons. The number of hydrogen-bond donors (Lipinski definition) is 2. The number of thiazole rings is 1. The number of rotatable bonds is 8. The highest BCUT2D eigenvalue weighted by Gasteiger charge is 2.11. The quantitative estimate of drug-likeness (QED) is 0.398. The van der Waals surface area contributed by atoms with Gasteiger partial charge in [0.05, 0.1) is 17.8 Å². The van der Waals surface area contributed by atoms with E-state index in [4.69, 9.17) is 26.8 Å². The van der Waals surface area contributed by atoms with Gasteiger partial charge in [-0.2, -0.15) is 5.10 Å². The molecule has 9 heteroatoms. The highest BCUT2D eigenvalue weighted by atomic mass is 35.5. The van der Waals surface area contributed by atoms with Gasteiger partial charge in [0, 0.05) is 10.9 Å². The number of halogens is 2. The molecule has 0 spiro atoms. The Bertz CT molecular complexity index is 960. The first-order chi connectivity index (χ1) is 13.6. The second-order valence-corrected chi connectivity index (χ2v) is 6.84. The molecule has 0 aliphatic rings. The molecule has 0 saturated heterocycles. The summed E-state index contributed by atoms with van der Waals surface area (Å²) in [4.78, 5) is 4.06. The van der Waals surface area contributed by atoms with Crippen LogP contribution in [0.3, 0.4) is 0 Å². The molecule has 0 bridgehead atoms. The van der Waals surface area contributed by atoms with Crippen LogP contribution < -0.4 is 20.6 Å². The number of ether oxygens (including phenoxy) is 2. The Morgan fingerprint density at radius 2 is 2.14 bits per heavy atom. The van der Waals surface area contributed by atoms with Gasteiger partial charge < -0.3 is 15.2 Å². The van der Waals surface area contributed by atoms with Crippen LogP contribution in [0.25, 0.3) is 0 Å². The van der Waals surface area contributed by atoms with Gasteiger partial charge in [0.1, 0.15) is 18.2 Å². The number of benzene rings is 2. The van der Waals surface area contributed by atoms with Crippen LogP contribution in [-0.2, 0) is 6.61 Å². The first kappa shape index (κ1) is 19.9. The summed E-state index contributed by atoms with van der Waals surface area (Å²) >= 11 is 7.40. The Hall–Kier alpha value is -2.84. The Labute approximate surface area is 170 Å². The van der Waals surface area contributed by atoms with Gasteiger partial charge in [-0.05, 0) is 42.8 Å². The van der Waals surface area contributed by atoms with Crippen molar-refractivity contribution in [1.29, 1.82) is 0 Å². The van der Waals surface area contributed by atoms with Crippen LogP contribution in [0.2, 0.25) is 5.02 Å². The van der Waals surface area contributed by atoms with Gasteiger partial charge in [0.25, 0.3) is 0 Å². The molecule has 28 heavy (non-hydrogen) atoms. The van der Waals surface area contributed by atoms with Gasteiger partial charge in [-0.25, -0.2) is 9.37 Å². The molecule has 3 rings (SSSR count). The Kier molecular flexibility index (Phi) is 6.67. The molecule has 0 atom stereocenters. The zero-order chi connectivity index (χ0) is 19.9. The van der Waals surface area contributed by atoms with E-state index in [-0.39, 0.29) is 6.61 Å². The maximum atomic E-state index is 13.9. The number of nitrogens with one attached hydrogen (secondary N) is 1. The van der Waals surface area contributed by atoms with E-state index in [2.05, 4.69) is 15.5 Å². The van der Waals surface area contributed by atoms with E-state index in [1.807, 2.05) is 13.0 Å². The molecule has 6 nitrogen and oxygen atoms in total. The molecule has 2 aromatic carbocycles. The van der Waals surface area contributed by atoms with Crippen LogP contribution >= 0.6 is 22.9 Å². The highest BCUT2D eigenvalue weighted by Crippen LogP contribution is 2.30. The molecule has 0 saturated carbocycles. The van der Waals surface area contributed by atoms with Crippen molar-refractivity contribution in [2.75, 3.05) is 17.8 Å². The number of hydrogen-bond acceptors (Lipinski definition) is 7. The molecule has 1 aromatic heterocycles. The smallest absolute Gasteiger partial charge is 0.205 e. The van der Waals surface area contributed by atoms with Crippen LogP contribution in [0, 0.1) is 5.82 Å². The second-order valence-electron chi connectivity index (χ2n) is 5.58. The fourth-order valence-electron chi connectivity index (χ4n) is 2.31. The lowest BCUT2D eigenvalue weighted by molar-refractivity contribution is 0.266. The van der Waals surface area contributed by atoms with Gasteiger partial charge in [-0.1, -0.05) is 17.7 Å². The lowest BCUT2D eigenvalue weighted by atomic mass is 10.2. The number of hydrazone groups is 1. The Morgan fingerprint density at radius 3 is 2.86 bits per heavy atom. The van der Waals surface area contributed by atoms with Crippen molar-refractivity contribution >= 4 is 40.1 Å². The van der Waals surface area contributed by atoms with Crippen molar-refractivity contribution in [3.05, 3.63) is 63.7 Å². The third-order valence-corrected chi connectivity index (χ3v) is 4.72. The summed E-state index contributed by atoms with van der Waals surface area (Å²) in [7, 11) is 0. The number of anilines is 2. The van der Waals surface area contributed by atoms with Crippen molar-refractivity contribution < 1.29 is 13.9 Å². The van der Waals surface area contributed by atoms with E-state index in [0.717, 1.165) is 5.56 Å². The van der Waals surface area contributed by atoms with Crippen LogP contribution in [0.15, 0.2) is 46.9 Å². The predicted octanol–water partition coefficient (Wildman–Crippen LogP) is 4.94. The summed E-state index contributed by atoms with van der Waals surface area (Å²) in [5.74, 6) is 1.04. The average Bonchev–Trinajstić information content (AvgIpc) is 3.08. The normalized spacial score (nSPS) is 11.0. The van der Waals surface area contributed by atoms with Crippen molar-refractivity contribution in [2.45, 2.75) is 13.5 Å². The summed E-state index contributed by atoms with van der Waals surface area (Å²) in [5, 5.41) is 6.76. The Morgan fingerprint density at radius 1 is 1.29 bits per heavy atom. The number of nitrogens with zero attached hydrogens (tertiary/aromatic N) is 2. The van der Waals surface area contributed by atoms with Gasteiger partial charge in [0.15, 0.2) is 11.5 Å². The second kappa shape index (κ2) is 9.38. The fourth-order valence-corrected chi connectivity index (χ4v) is 3.08. The van der Waals surface area contributed by atoms with E-state index in [1.165, 1.54) is 17.4 Å². The van der Waals surface area contributed by atoms with Gasteiger partial charge in [0.2, 0.25) is 5.13 Å². The fraction of sp³-hybridized carbons (Fsp3) is 0.158. The molecule has 0 aliphatic carbocycles. The topological polar surface area (TPSA) is 81.8 Å². The molecule has 0 aliphatic heterocycles. The molecular weight excluding hydrogens is 403 g/mol. The first-order valence-electron chi connectivity index (χ1n) is 8.39. The van der Waals surface area contributed by atoms with E-state index in [1.54, 1.807) is 35.9 Å². The minimum Gasteiger partial charge on any atom is -0.490 e. The molecule has 0 amide bonds. The third-order valence-electron chi connectivity index (χ3n) is 3.60. The van der Waals surface area contributed by atoms with Crippen molar-refractivity contribution in [3.63, 3.8) is 0 Å². The first-order valence-corrected chi connectivity index (χ1v) is 9.65. The SMILES string of the molecule is CCOc1cc(C=NNc2nc(N)cs2)ccc1OCc1c(F)cccc1Cl. The largest absolute Gasteiger partial charge is 0.490 e. The lowest BCUT2D eigenvalue weighted by Crippen LogP contribution is -2.02. The summed E-state index contributed by atoms with van der Waals surface area (Å²) in [5.41, 5.74) is 9.46. The Balaban J connectivity index is 1.71. The standard InChI is InChI=1S/C19H18ClFN4O2S/c1-2-26-17-8-12(9-23-25-19-24-18(22)11-28-19)6-7-16(17)27-10-13-14(20)4-3-5-15(13)21/h3-9,11H,2,10,22H2,1H3,(H,24,25). The van der Waals surface area contributed by atoms with E-state index >= 15 is 0 Å². The number of nitrogen functional groups attached to an aromatic ring is 1. The third kappa shape index (κ3) is 5.11. The molecular formula is C19H18ClFN4O2S. The summed E-state index contributed by atoms with van der Waals surface area (Å²) < 4.78 is 25.3. The number of aromatic nitrogens is 1. The summed E-state index contributed by atoms with van der Waals surface area (Å²) in [6.45, 7) is 2.31. The van der Waals surface area contributed by atoms with Crippen LogP contribution in [0.1, 0.15) is 18.1 Å². The summed E-state index contributed by atoms with van der Waals surface area (Å²) in [6, 6.07) is 9.84. The van der Waals surface area contributed by atoms with Gasteiger partial charge in [-0.15, -0.1) is 11.3 Å². The van der Waals surface area contributed by atoms with Crippen molar-refractivity contribution in [1.82, 2.24) is 4.98 Å². The molecule has 3 aromatic rings. The van der Waals surface area contributed by atoms with Gasteiger partial charge in [-0.3, -0.25) is 5.43 Å². The van der Waals surface area contributed by atoms with Crippen LogP contribution in [-0.4, -0.2) is 17.8 Å². The average molecular weight is 421 g/mol. The molecule has 3 N–H and O–H groups in total. The minimum absolute atomic E-state index is 0.00790. The van der Waals surface area contributed by atoms with E-state index in [9.17, 15) is 4.39 Å². The van der Waals surface area contributed by atoms with Crippen molar-refractivity contribution in [3.8, 4) is 11.5 Å². The van der Waals surface area contributed by atoms with Crippen LogP contribution in [0.4, 0.5) is 15.3 Å². The number of nitrogens with two attached hydrogens (primary N) is 1. The predicted molar refractivity (Wildman–Crippen MR) is 111 cm³/mol. The zero-order valence-corrected chi connectivity index (χ0v) is 16.6. The molecule has 0 fully saturated rings. The minimum atomic E-state index is -0.414. The highest BCUT2D eigenvalue weighted by molar-refractivity contribution is 7.14. The molecule has 146 valence electrons. The maximum Gasteiger partial charge on any atom is 0.205 e. The van der Waals surface area contributed by atoms with E-state index < -0.39 is 5.82 Å². The van der Waals surface area contributed by atoms with Crippen LogP contribution in [0.5, 0.6) is 11.5 Å². The van der Waals surface area contributed by atoms with Crippen molar-refractivity contribution in [2.24, 2.45) is 5.10 Å². The monoisotopic (exact) mass is 420 g/mol. The molecule has 0 unspecified atom stereocenters.